The minimum Gasteiger partial charge on any atom is -0.399 e. The Bertz CT molecular complexity index is 936. The fourth-order valence-corrected chi connectivity index (χ4v) is 4.47. The molecular formula is C25H32FN3O. The van der Waals surface area contributed by atoms with Crippen LogP contribution in [0.15, 0.2) is 60.0 Å². The van der Waals surface area contributed by atoms with E-state index < -0.39 is 5.67 Å². The molecule has 0 aromatic heterocycles. The Hall–Kier alpha value is -2.82. The van der Waals surface area contributed by atoms with Crippen LogP contribution in [-0.2, 0) is 4.79 Å². The lowest BCUT2D eigenvalue weighted by molar-refractivity contribution is -0.113. The van der Waals surface area contributed by atoms with E-state index in [9.17, 15) is 4.79 Å². The summed E-state index contributed by atoms with van der Waals surface area (Å²) >= 11 is 0. The quantitative estimate of drug-likeness (QED) is 0.555. The van der Waals surface area contributed by atoms with Crippen molar-refractivity contribution in [2.24, 2.45) is 17.6 Å². The molecule has 1 fully saturated rings. The van der Waals surface area contributed by atoms with Crippen LogP contribution in [0.5, 0.6) is 0 Å². The van der Waals surface area contributed by atoms with Gasteiger partial charge in [-0.25, -0.2) is 4.39 Å². The molecule has 4 N–H and O–H groups in total. The van der Waals surface area contributed by atoms with E-state index in [4.69, 9.17) is 5.73 Å². The van der Waals surface area contributed by atoms with E-state index in [0.29, 0.717) is 47.8 Å². The molecule has 0 saturated heterocycles. The molecule has 5 heteroatoms. The van der Waals surface area contributed by atoms with Gasteiger partial charge in [-0.2, -0.15) is 0 Å². The van der Waals surface area contributed by atoms with E-state index in [1.54, 1.807) is 6.20 Å². The minimum atomic E-state index is -1.19. The van der Waals surface area contributed by atoms with Crippen molar-refractivity contribution < 1.29 is 9.18 Å². The molecule has 1 aliphatic heterocycles. The SMILES string of the molecule is C/C=C(\N)c1ccc(C)c(NC(=O)/C(=C2\C=CC=CN2)C(C)CC2(F)CC(C)C2)c1. The van der Waals surface area contributed by atoms with Crippen LogP contribution < -0.4 is 16.4 Å². The molecule has 1 heterocycles. The second-order valence-electron chi connectivity index (χ2n) is 8.69. The third-order valence-electron chi connectivity index (χ3n) is 5.97. The largest absolute Gasteiger partial charge is 0.399 e. The lowest BCUT2D eigenvalue weighted by Crippen LogP contribution is -2.41. The number of carbonyl (C=O) groups is 1. The molecule has 2 aliphatic rings. The number of aryl methyl sites for hydroxylation is 1. The molecule has 4 nitrogen and oxygen atoms in total. The number of anilines is 1. The molecule has 0 radical (unpaired) electrons. The van der Waals surface area contributed by atoms with E-state index in [0.717, 1.165) is 11.1 Å². The van der Waals surface area contributed by atoms with Crippen molar-refractivity contribution in [2.75, 3.05) is 5.32 Å². The molecule has 3 rings (SSSR count). The summed E-state index contributed by atoms with van der Waals surface area (Å²) < 4.78 is 15.0. The van der Waals surface area contributed by atoms with E-state index in [1.807, 2.05) is 63.3 Å². The van der Waals surface area contributed by atoms with Gasteiger partial charge in [-0.3, -0.25) is 4.79 Å². The summed E-state index contributed by atoms with van der Waals surface area (Å²) in [5.74, 6) is -0.0456. The highest BCUT2D eigenvalue weighted by Gasteiger charge is 2.44. The minimum absolute atomic E-state index is 0.222. The van der Waals surface area contributed by atoms with Crippen molar-refractivity contribution in [1.82, 2.24) is 5.32 Å². The number of carbonyl (C=O) groups excluding carboxylic acids is 1. The second-order valence-corrected chi connectivity index (χ2v) is 8.69. The summed E-state index contributed by atoms with van der Waals surface area (Å²) in [5, 5.41) is 6.19. The number of allylic oxidation sites excluding steroid dienone is 4. The molecule has 1 aliphatic carbocycles. The highest BCUT2D eigenvalue weighted by atomic mass is 19.1. The van der Waals surface area contributed by atoms with Crippen LogP contribution >= 0.6 is 0 Å². The maximum atomic E-state index is 15.0. The molecule has 160 valence electrons. The Balaban J connectivity index is 1.88. The summed E-state index contributed by atoms with van der Waals surface area (Å²) in [6, 6.07) is 5.75. The number of dihydropyridines is 1. The van der Waals surface area contributed by atoms with Crippen LogP contribution in [-0.4, -0.2) is 11.6 Å². The van der Waals surface area contributed by atoms with Gasteiger partial charge in [0.1, 0.15) is 5.67 Å². The van der Waals surface area contributed by atoms with Crippen LogP contribution in [0.2, 0.25) is 0 Å². The standard InChI is InChI=1S/C25H32FN3O/c1-5-20(27)19-10-9-17(3)22(12-19)29-24(30)23(21-8-6-7-11-28-21)18(4)15-25(26)13-16(2)14-25/h5-12,16,18,28H,13-15,27H2,1-4H3,(H,29,30)/b20-5-,23-21+. The number of amides is 1. The maximum Gasteiger partial charge on any atom is 0.253 e. The Kier molecular flexibility index (Phi) is 6.49. The maximum absolute atomic E-state index is 15.0. The Morgan fingerprint density at radius 3 is 2.73 bits per heavy atom. The van der Waals surface area contributed by atoms with Crippen LogP contribution in [0.4, 0.5) is 10.1 Å². The number of rotatable bonds is 6. The molecule has 1 aromatic carbocycles. The van der Waals surface area contributed by atoms with E-state index in [1.165, 1.54) is 0 Å². The van der Waals surface area contributed by atoms with Gasteiger partial charge in [0.05, 0.1) is 0 Å². The van der Waals surface area contributed by atoms with Crippen molar-refractivity contribution in [1.29, 1.82) is 0 Å². The van der Waals surface area contributed by atoms with Gasteiger partial charge in [0.2, 0.25) is 0 Å². The number of nitrogens with one attached hydrogen (secondary N) is 2. The van der Waals surface area contributed by atoms with E-state index in [2.05, 4.69) is 17.6 Å². The number of nitrogens with two attached hydrogens (primary N) is 1. The van der Waals surface area contributed by atoms with Gasteiger partial charge in [0, 0.05) is 28.9 Å². The van der Waals surface area contributed by atoms with Gasteiger partial charge in [0.15, 0.2) is 0 Å². The number of benzene rings is 1. The molecule has 1 unspecified atom stereocenters. The van der Waals surface area contributed by atoms with Crippen molar-refractivity contribution in [2.45, 2.75) is 52.6 Å². The Labute approximate surface area is 178 Å². The predicted molar refractivity (Wildman–Crippen MR) is 122 cm³/mol. The molecule has 1 amide bonds. The average molecular weight is 410 g/mol. The summed E-state index contributed by atoms with van der Waals surface area (Å²) in [5.41, 5.74) is 9.28. The van der Waals surface area contributed by atoms with Crippen LogP contribution in [0, 0.1) is 18.8 Å². The normalized spacial score (nSPS) is 25.9. The summed E-state index contributed by atoms with van der Waals surface area (Å²) in [4.78, 5) is 13.4. The third-order valence-corrected chi connectivity index (χ3v) is 5.97. The number of hydrogen-bond acceptors (Lipinski definition) is 3. The van der Waals surface area contributed by atoms with Crippen molar-refractivity contribution in [3.8, 4) is 0 Å². The van der Waals surface area contributed by atoms with Gasteiger partial charge < -0.3 is 16.4 Å². The van der Waals surface area contributed by atoms with E-state index >= 15 is 4.39 Å². The second kappa shape index (κ2) is 8.90. The average Bonchev–Trinajstić information content (AvgIpc) is 2.68. The van der Waals surface area contributed by atoms with Crippen molar-refractivity contribution in [3.05, 3.63) is 71.1 Å². The predicted octanol–water partition coefficient (Wildman–Crippen LogP) is 5.34. The van der Waals surface area contributed by atoms with Gasteiger partial charge in [-0.1, -0.05) is 38.1 Å². The summed E-state index contributed by atoms with van der Waals surface area (Å²) in [7, 11) is 0. The monoisotopic (exact) mass is 409 g/mol. The third kappa shape index (κ3) is 4.84. The van der Waals surface area contributed by atoms with Crippen LogP contribution in [0.3, 0.4) is 0 Å². The van der Waals surface area contributed by atoms with Crippen molar-refractivity contribution in [3.63, 3.8) is 0 Å². The summed E-state index contributed by atoms with van der Waals surface area (Å²) in [6.07, 6.45) is 10.7. The molecule has 30 heavy (non-hydrogen) atoms. The fraction of sp³-hybridized carbons (Fsp3) is 0.400. The first-order chi connectivity index (χ1) is 14.2. The highest BCUT2D eigenvalue weighted by molar-refractivity contribution is 6.05. The van der Waals surface area contributed by atoms with Crippen molar-refractivity contribution >= 4 is 17.3 Å². The molecule has 1 atom stereocenters. The Morgan fingerprint density at radius 1 is 1.40 bits per heavy atom. The fourth-order valence-electron chi connectivity index (χ4n) is 4.47. The topological polar surface area (TPSA) is 67.1 Å². The lowest BCUT2D eigenvalue weighted by atomic mass is 9.68. The van der Waals surface area contributed by atoms with Crippen LogP contribution in [0.1, 0.15) is 51.2 Å². The smallest absolute Gasteiger partial charge is 0.253 e. The first kappa shape index (κ1) is 21.9. The zero-order chi connectivity index (χ0) is 21.9. The lowest BCUT2D eigenvalue weighted by Gasteiger charge is -2.41. The highest BCUT2D eigenvalue weighted by Crippen LogP contribution is 2.46. The first-order valence-electron chi connectivity index (χ1n) is 10.6. The van der Waals surface area contributed by atoms with Gasteiger partial charge in [-0.15, -0.1) is 0 Å². The number of alkyl halides is 1. The Morgan fingerprint density at radius 2 is 2.13 bits per heavy atom. The molecule has 0 spiro atoms. The number of hydrogen-bond donors (Lipinski definition) is 3. The zero-order valence-corrected chi connectivity index (χ0v) is 18.3. The summed E-state index contributed by atoms with van der Waals surface area (Å²) in [6.45, 7) is 7.81. The molecular weight excluding hydrogens is 377 g/mol. The first-order valence-corrected chi connectivity index (χ1v) is 10.6. The van der Waals surface area contributed by atoms with Gasteiger partial charge >= 0.3 is 0 Å². The molecule has 0 bridgehead atoms. The van der Waals surface area contributed by atoms with E-state index in [-0.39, 0.29) is 11.8 Å². The number of halogens is 1. The molecule has 1 aromatic rings. The zero-order valence-electron chi connectivity index (χ0n) is 18.3. The van der Waals surface area contributed by atoms with Gasteiger partial charge in [0.25, 0.3) is 5.91 Å². The van der Waals surface area contributed by atoms with Crippen LogP contribution in [0.25, 0.3) is 5.70 Å². The van der Waals surface area contributed by atoms with Gasteiger partial charge in [-0.05, 0) is 74.3 Å². The molecule has 1 saturated carbocycles.